The highest BCUT2D eigenvalue weighted by Crippen LogP contribution is 2.31. The van der Waals surface area contributed by atoms with Crippen LogP contribution in [0.5, 0.6) is 11.5 Å². The fourth-order valence-corrected chi connectivity index (χ4v) is 5.72. The van der Waals surface area contributed by atoms with Gasteiger partial charge in [-0.3, -0.25) is 0 Å². The second-order valence-electron chi connectivity index (χ2n) is 5.14. The van der Waals surface area contributed by atoms with Gasteiger partial charge in [0.1, 0.15) is 5.56 Å². The van der Waals surface area contributed by atoms with E-state index in [1.807, 2.05) is 45.2 Å². The van der Waals surface area contributed by atoms with Crippen LogP contribution in [0.4, 0.5) is 17.6 Å². The van der Waals surface area contributed by atoms with Crippen LogP contribution in [-0.2, 0) is 9.59 Å². The van der Waals surface area contributed by atoms with Gasteiger partial charge >= 0.3 is 17.9 Å². The summed E-state index contributed by atoms with van der Waals surface area (Å²) in [7, 11) is 0. The number of benzene rings is 2. The van der Waals surface area contributed by atoms with Crippen molar-refractivity contribution in [3.05, 3.63) is 63.8 Å². The monoisotopic (exact) mass is 762 g/mol. The van der Waals surface area contributed by atoms with E-state index in [0.717, 1.165) is 3.57 Å². The molecule has 2 aromatic rings. The van der Waals surface area contributed by atoms with Gasteiger partial charge in [-0.15, -0.1) is 0 Å². The van der Waals surface area contributed by atoms with Crippen LogP contribution in [0.3, 0.4) is 0 Å². The molecule has 0 unspecified atom stereocenters. The summed E-state index contributed by atoms with van der Waals surface area (Å²) in [6.07, 6.45) is 0.981. The predicted octanol–water partition coefficient (Wildman–Crippen LogP) is 4.82. The lowest BCUT2D eigenvalue weighted by atomic mass is 10.1. The standard InChI is InChI=1S/C17H5F4I3O6/c18-11-10(17(27)28)12(19)14(21)16(13(11)20)30-9(26)2-1-8(25)29-15-6(23)3-5(22)4-7(15)24/h1-4H,(H,27,28)/b2-1-. The van der Waals surface area contributed by atoms with Gasteiger partial charge in [-0.1, -0.05) is 0 Å². The molecule has 2 rings (SSSR count). The molecule has 2 aromatic carbocycles. The van der Waals surface area contributed by atoms with Crippen molar-refractivity contribution in [3.63, 3.8) is 0 Å². The number of carbonyl (C=O) groups is 3. The third-order valence-corrected chi connectivity index (χ3v) is 5.39. The number of carboxylic acid groups (broad SMARTS) is 1. The highest BCUT2D eigenvalue weighted by Gasteiger charge is 2.31. The molecule has 30 heavy (non-hydrogen) atoms. The van der Waals surface area contributed by atoms with Gasteiger partial charge in [-0.05, 0) is 79.9 Å². The lowest BCUT2D eigenvalue weighted by Crippen LogP contribution is -2.15. The Morgan fingerprint density at radius 2 is 1.17 bits per heavy atom. The summed E-state index contributed by atoms with van der Waals surface area (Å²) in [6.45, 7) is 0. The maximum Gasteiger partial charge on any atom is 0.341 e. The Labute approximate surface area is 206 Å². The van der Waals surface area contributed by atoms with Crippen LogP contribution >= 0.6 is 67.8 Å². The van der Waals surface area contributed by atoms with Crippen LogP contribution in [0.25, 0.3) is 0 Å². The van der Waals surface area contributed by atoms with Crippen molar-refractivity contribution < 1.29 is 46.5 Å². The number of halogens is 7. The molecule has 1 N–H and O–H groups in total. The maximum absolute atomic E-state index is 13.8. The van der Waals surface area contributed by atoms with E-state index in [9.17, 15) is 31.9 Å². The van der Waals surface area contributed by atoms with E-state index in [0.29, 0.717) is 19.3 Å². The molecule has 6 nitrogen and oxygen atoms in total. The minimum atomic E-state index is -2.26. The number of hydrogen-bond acceptors (Lipinski definition) is 5. The average Bonchev–Trinajstić information content (AvgIpc) is 2.64. The maximum atomic E-state index is 13.8. The quantitative estimate of drug-likeness (QED) is 0.118. The average molecular weight is 762 g/mol. The van der Waals surface area contributed by atoms with Crippen LogP contribution in [-0.4, -0.2) is 23.0 Å². The number of carbonyl (C=O) groups excluding carboxylic acids is 2. The fourth-order valence-electron chi connectivity index (χ4n) is 1.92. The zero-order chi connectivity index (χ0) is 22.7. The molecular weight excluding hydrogens is 757 g/mol. The Morgan fingerprint density at radius 1 is 0.767 bits per heavy atom. The van der Waals surface area contributed by atoms with Crippen molar-refractivity contribution >= 4 is 85.7 Å². The SMILES string of the molecule is O=C(/C=C\C(=O)Oc1c(F)c(F)c(C(=O)O)c(F)c1F)Oc1c(I)cc(I)cc1I. The summed E-state index contributed by atoms with van der Waals surface area (Å²) in [5.74, 6) is -15.4. The van der Waals surface area contributed by atoms with Gasteiger partial charge in [0.15, 0.2) is 17.4 Å². The Balaban J connectivity index is 2.19. The molecule has 0 bridgehead atoms. The van der Waals surface area contributed by atoms with Gasteiger partial charge in [-0.25, -0.2) is 23.2 Å². The Kier molecular flexibility index (Phi) is 8.43. The van der Waals surface area contributed by atoms with Crippen molar-refractivity contribution in [2.75, 3.05) is 0 Å². The zero-order valence-electron chi connectivity index (χ0n) is 13.9. The molecule has 0 atom stereocenters. The van der Waals surface area contributed by atoms with Crippen molar-refractivity contribution in [1.29, 1.82) is 0 Å². The van der Waals surface area contributed by atoms with Gasteiger partial charge in [0.2, 0.25) is 17.4 Å². The predicted molar refractivity (Wildman–Crippen MR) is 118 cm³/mol. The van der Waals surface area contributed by atoms with Crippen LogP contribution in [0, 0.1) is 34.0 Å². The second-order valence-corrected chi connectivity index (χ2v) is 8.71. The first-order valence-corrected chi connectivity index (χ1v) is 10.5. The largest absolute Gasteiger partial charge is 0.477 e. The first-order valence-electron chi connectivity index (χ1n) is 7.29. The molecule has 0 spiro atoms. The first-order chi connectivity index (χ1) is 13.9. The fraction of sp³-hybridized carbons (Fsp3) is 0. The van der Waals surface area contributed by atoms with E-state index < -0.39 is 52.5 Å². The van der Waals surface area contributed by atoms with E-state index in [2.05, 4.69) is 27.3 Å². The van der Waals surface area contributed by atoms with Gasteiger partial charge in [0.05, 0.1) is 7.14 Å². The summed E-state index contributed by atoms with van der Waals surface area (Å²) >= 11 is 5.91. The number of esters is 2. The van der Waals surface area contributed by atoms with Crippen molar-refractivity contribution in [3.8, 4) is 11.5 Å². The molecular formula is C17H5F4I3O6. The molecule has 0 saturated heterocycles. The molecule has 158 valence electrons. The third kappa shape index (κ3) is 5.59. The van der Waals surface area contributed by atoms with Gasteiger partial charge in [0, 0.05) is 15.7 Å². The molecule has 0 aromatic heterocycles. The molecule has 0 heterocycles. The minimum Gasteiger partial charge on any atom is -0.477 e. The molecule has 0 aliphatic rings. The first kappa shape index (κ1) is 24.8. The molecule has 0 radical (unpaired) electrons. The summed E-state index contributed by atoms with van der Waals surface area (Å²) in [4.78, 5) is 34.2. The number of ether oxygens (including phenoxy) is 2. The van der Waals surface area contributed by atoms with Crippen LogP contribution in [0.2, 0.25) is 0 Å². The lowest BCUT2D eigenvalue weighted by molar-refractivity contribution is -0.131. The van der Waals surface area contributed by atoms with Gasteiger partial charge in [-0.2, -0.15) is 8.78 Å². The smallest absolute Gasteiger partial charge is 0.341 e. The van der Waals surface area contributed by atoms with E-state index in [1.165, 1.54) is 0 Å². The summed E-state index contributed by atoms with van der Waals surface area (Å²) in [5, 5.41) is 8.60. The number of hydrogen-bond donors (Lipinski definition) is 1. The second kappa shape index (κ2) is 10.2. The normalized spacial score (nSPS) is 10.9. The molecule has 0 aliphatic heterocycles. The molecule has 0 saturated carbocycles. The van der Waals surface area contributed by atoms with E-state index >= 15 is 0 Å². The van der Waals surface area contributed by atoms with Crippen molar-refractivity contribution in [2.24, 2.45) is 0 Å². The Bertz CT molecular complexity index is 1050. The van der Waals surface area contributed by atoms with Crippen LogP contribution in [0.15, 0.2) is 24.3 Å². The number of rotatable bonds is 5. The zero-order valence-corrected chi connectivity index (χ0v) is 20.4. The summed E-state index contributed by atoms with van der Waals surface area (Å²) < 4.78 is 66.2. The Hall–Kier alpha value is -1.50. The van der Waals surface area contributed by atoms with Crippen molar-refractivity contribution in [2.45, 2.75) is 0 Å². The lowest BCUT2D eigenvalue weighted by Gasteiger charge is -2.09. The summed E-state index contributed by atoms with van der Waals surface area (Å²) in [6, 6.07) is 3.44. The molecule has 13 heteroatoms. The topological polar surface area (TPSA) is 89.9 Å². The van der Waals surface area contributed by atoms with E-state index in [1.54, 1.807) is 12.1 Å². The summed E-state index contributed by atoms with van der Waals surface area (Å²) in [5.41, 5.74) is -1.88. The van der Waals surface area contributed by atoms with Gasteiger partial charge in [0.25, 0.3) is 0 Å². The van der Waals surface area contributed by atoms with Crippen molar-refractivity contribution in [1.82, 2.24) is 0 Å². The number of aromatic carboxylic acids is 1. The van der Waals surface area contributed by atoms with Crippen LogP contribution < -0.4 is 9.47 Å². The van der Waals surface area contributed by atoms with Crippen LogP contribution in [0.1, 0.15) is 10.4 Å². The highest BCUT2D eigenvalue weighted by atomic mass is 127. The minimum absolute atomic E-state index is 0.213. The third-order valence-electron chi connectivity index (χ3n) is 3.16. The number of carboxylic acids is 1. The molecule has 0 amide bonds. The Morgan fingerprint density at radius 3 is 1.57 bits per heavy atom. The molecule has 0 aliphatic carbocycles. The van der Waals surface area contributed by atoms with Gasteiger partial charge < -0.3 is 14.6 Å². The highest BCUT2D eigenvalue weighted by molar-refractivity contribution is 14.1. The molecule has 0 fully saturated rings. The van der Waals surface area contributed by atoms with E-state index in [-0.39, 0.29) is 5.75 Å². The van der Waals surface area contributed by atoms with E-state index in [4.69, 9.17) is 9.84 Å².